The number of nitrogens with zero attached hydrogens (tertiary/aromatic N) is 3. The van der Waals surface area contributed by atoms with Crippen LogP contribution in [0.2, 0.25) is 0 Å². The van der Waals surface area contributed by atoms with Crippen LogP contribution in [0.3, 0.4) is 0 Å². The molecular formula is C20H28N4OS2. The summed E-state index contributed by atoms with van der Waals surface area (Å²) in [6.07, 6.45) is 12.2. The Labute approximate surface area is 169 Å². The van der Waals surface area contributed by atoms with Crippen molar-refractivity contribution >= 4 is 29.0 Å². The van der Waals surface area contributed by atoms with Crippen LogP contribution in [0.15, 0.2) is 10.5 Å². The van der Waals surface area contributed by atoms with Crippen LogP contribution in [0.4, 0.5) is 0 Å². The number of carbonyl (C=O) groups is 1. The monoisotopic (exact) mass is 404 g/mol. The van der Waals surface area contributed by atoms with E-state index < -0.39 is 0 Å². The molecule has 1 saturated carbocycles. The number of aryl methyl sites for hydroxylation is 1. The first-order valence-corrected chi connectivity index (χ1v) is 12.0. The first-order valence-electron chi connectivity index (χ1n) is 10.1. The molecule has 2 aliphatic rings. The van der Waals surface area contributed by atoms with Crippen molar-refractivity contribution < 1.29 is 4.79 Å². The van der Waals surface area contributed by atoms with Crippen molar-refractivity contribution in [2.24, 2.45) is 7.05 Å². The number of amides is 1. The molecule has 0 unspecified atom stereocenters. The zero-order chi connectivity index (χ0) is 18.6. The van der Waals surface area contributed by atoms with Crippen LogP contribution >= 0.6 is 23.1 Å². The summed E-state index contributed by atoms with van der Waals surface area (Å²) in [6, 6.07) is 0.355. The molecule has 2 heterocycles. The second-order valence-electron chi connectivity index (χ2n) is 7.67. The number of carbonyl (C=O) groups excluding carboxylic acids is 1. The summed E-state index contributed by atoms with van der Waals surface area (Å²) in [4.78, 5) is 13.9. The molecule has 27 heavy (non-hydrogen) atoms. The third-order valence-electron chi connectivity index (χ3n) is 5.69. The summed E-state index contributed by atoms with van der Waals surface area (Å²) in [6.45, 7) is 0. The van der Waals surface area contributed by atoms with Gasteiger partial charge in [0.25, 0.3) is 0 Å². The van der Waals surface area contributed by atoms with E-state index in [-0.39, 0.29) is 5.91 Å². The molecule has 5 nitrogen and oxygen atoms in total. The summed E-state index contributed by atoms with van der Waals surface area (Å²) in [5.41, 5.74) is 2.70. The highest BCUT2D eigenvalue weighted by Gasteiger charge is 2.21. The van der Waals surface area contributed by atoms with Crippen molar-refractivity contribution in [2.45, 2.75) is 75.4 Å². The van der Waals surface area contributed by atoms with Gasteiger partial charge in [-0.2, -0.15) is 0 Å². The van der Waals surface area contributed by atoms with Gasteiger partial charge in [0, 0.05) is 28.9 Å². The van der Waals surface area contributed by atoms with Crippen LogP contribution in [0, 0.1) is 0 Å². The third kappa shape index (κ3) is 4.40. The molecule has 1 amide bonds. The molecule has 2 aromatic heterocycles. The zero-order valence-electron chi connectivity index (χ0n) is 16.0. The Bertz CT molecular complexity index is 790. The minimum absolute atomic E-state index is 0.115. The molecule has 2 aromatic rings. The lowest BCUT2D eigenvalue weighted by atomic mass is 9.96. The lowest BCUT2D eigenvalue weighted by Crippen LogP contribution is -2.35. The average molecular weight is 405 g/mol. The molecule has 1 fully saturated rings. The zero-order valence-corrected chi connectivity index (χ0v) is 17.6. The molecule has 0 aliphatic heterocycles. The van der Waals surface area contributed by atoms with E-state index in [0.717, 1.165) is 30.2 Å². The first kappa shape index (κ1) is 19.0. The molecule has 0 bridgehead atoms. The van der Waals surface area contributed by atoms with E-state index >= 15 is 0 Å². The number of nitrogens with one attached hydrogen (secondary N) is 1. The van der Waals surface area contributed by atoms with Crippen molar-refractivity contribution in [3.05, 3.63) is 15.8 Å². The molecule has 0 aromatic carbocycles. The van der Waals surface area contributed by atoms with Crippen molar-refractivity contribution in [3.63, 3.8) is 0 Å². The molecular weight excluding hydrogens is 376 g/mol. The maximum absolute atomic E-state index is 12.3. The maximum atomic E-state index is 12.3. The smallest absolute Gasteiger partial charge is 0.230 e. The molecule has 0 atom stereocenters. The number of aromatic nitrogens is 3. The quantitative estimate of drug-likeness (QED) is 0.594. The van der Waals surface area contributed by atoms with Gasteiger partial charge >= 0.3 is 0 Å². The first-order chi connectivity index (χ1) is 13.2. The number of thiophene rings is 1. The van der Waals surface area contributed by atoms with Crippen LogP contribution in [0.5, 0.6) is 0 Å². The van der Waals surface area contributed by atoms with Crippen molar-refractivity contribution in [3.8, 4) is 11.4 Å². The van der Waals surface area contributed by atoms with Gasteiger partial charge in [-0.15, -0.1) is 21.5 Å². The van der Waals surface area contributed by atoms with Crippen molar-refractivity contribution in [1.82, 2.24) is 20.1 Å². The molecule has 0 spiro atoms. The van der Waals surface area contributed by atoms with Gasteiger partial charge in [0.2, 0.25) is 5.91 Å². The lowest BCUT2D eigenvalue weighted by molar-refractivity contribution is -0.119. The van der Waals surface area contributed by atoms with Gasteiger partial charge in [-0.3, -0.25) is 4.79 Å². The van der Waals surface area contributed by atoms with Gasteiger partial charge in [0.15, 0.2) is 11.0 Å². The second kappa shape index (κ2) is 8.78. The summed E-state index contributed by atoms with van der Waals surface area (Å²) in [5, 5.41) is 15.0. The molecule has 146 valence electrons. The number of thioether (sulfide) groups is 1. The second-order valence-corrected chi connectivity index (χ2v) is 9.57. The molecule has 4 rings (SSSR count). The van der Waals surface area contributed by atoms with Crippen LogP contribution in [0.1, 0.15) is 61.8 Å². The summed E-state index contributed by atoms with van der Waals surface area (Å²) in [5.74, 6) is 1.45. The highest BCUT2D eigenvalue weighted by atomic mass is 32.2. The minimum atomic E-state index is 0.115. The normalized spacial score (nSPS) is 18.1. The lowest BCUT2D eigenvalue weighted by Gasteiger charge is -2.15. The van der Waals surface area contributed by atoms with Crippen molar-refractivity contribution in [1.29, 1.82) is 0 Å². The minimum Gasteiger partial charge on any atom is -0.353 e. The van der Waals surface area contributed by atoms with Crippen LogP contribution in [-0.4, -0.2) is 32.5 Å². The summed E-state index contributed by atoms with van der Waals surface area (Å²) in [7, 11) is 2.01. The predicted octanol–water partition coefficient (Wildman–Crippen LogP) is 4.35. The Balaban J connectivity index is 1.38. The van der Waals surface area contributed by atoms with E-state index in [1.165, 1.54) is 72.7 Å². The molecule has 1 N–H and O–H groups in total. The van der Waals surface area contributed by atoms with Crippen molar-refractivity contribution in [2.75, 3.05) is 5.75 Å². The highest BCUT2D eigenvalue weighted by molar-refractivity contribution is 7.99. The van der Waals surface area contributed by atoms with Gasteiger partial charge in [-0.05, 0) is 44.1 Å². The topological polar surface area (TPSA) is 59.8 Å². The van der Waals surface area contributed by atoms with Gasteiger partial charge in [-0.25, -0.2) is 0 Å². The van der Waals surface area contributed by atoms with E-state index in [1.54, 1.807) is 0 Å². The fourth-order valence-corrected chi connectivity index (χ4v) is 6.03. The highest BCUT2D eigenvalue weighted by Crippen LogP contribution is 2.36. The van der Waals surface area contributed by atoms with E-state index in [0.29, 0.717) is 11.8 Å². The maximum Gasteiger partial charge on any atom is 0.230 e. The number of hydrogen-bond donors (Lipinski definition) is 1. The van der Waals surface area contributed by atoms with E-state index in [1.807, 2.05) is 23.0 Å². The Morgan fingerprint density at radius 1 is 1.19 bits per heavy atom. The van der Waals surface area contributed by atoms with E-state index in [2.05, 4.69) is 20.9 Å². The Morgan fingerprint density at radius 3 is 2.78 bits per heavy atom. The third-order valence-corrected chi connectivity index (χ3v) is 7.80. The Morgan fingerprint density at radius 2 is 1.96 bits per heavy atom. The van der Waals surface area contributed by atoms with E-state index in [4.69, 9.17) is 0 Å². The molecule has 0 saturated heterocycles. The fourth-order valence-electron chi connectivity index (χ4n) is 4.18. The average Bonchev–Trinajstić information content (AvgIpc) is 3.15. The number of fused-ring (bicyclic) bond motifs is 1. The van der Waals surface area contributed by atoms with Crippen LogP contribution in [-0.2, 0) is 24.7 Å². The summed E-state index contributed by atoms with van der Waals surface area (Å²) >= 11 is 3.34. The summed E-state index contributed by atoms with van der Waals surface area (Å²) < 4.78 is 2.04. The van der Waals surface area contributed by atoms with Crippen LogP contribution in [0.25, 0.3) is 11.4 Å². The standard InChI is InChI=1S/C20H28N4OS2/c1-24-19(16-12-26-17-11-7-6-10-15(16)17)22-23-20(24)27-13-18(25)21-14-8-4-2-3-5-9-14/h12,14H,2-11,13H2,1H3,(H,21,25). The van der Waals surface area contributed by atoms with Crippen LogP contribution < -0.4 is 5.32 Å². The van der Waals surface area contributed by atoms with Gasteiger partial charge in [0.1, 0.15) is 0 Å². The molecule has 7 heteroatoms. The van der Waals surface area contributed by atoms with Gasteiger partial charge in [-0.1, -0.05) is 37.4 Å². The Hall–Kier alpha value is -1.34. The molecule has 2 aliphatic carbocycles. The fraction of sp³-hybridized carbons (Fsp3) is 0.650. The number of hydrogen-bond acceptors (Lipinski definition) is 5. The predicted molar refractivity (Wildman–Crippen MR) is 111 cm³/mol. The SMILES string of the molecule is Cn1c(SCC(=O)NC2CCCCCC2)nnc1-c1csc2c1CCCC2. The van der Waals surface area contributed by atoms with Gasteiger partial charge in [0.05, 0.1) is 5.75 Å². The van der Waals surface area contributed by atoms with E-state index in [9.17, 15) is 4.79 Å². The largest absolute Gasteiger partial charge is 0.353 e. The number of rotatable bonds is 5. The van der Waals surface area contributed by atoms with Gasteiger partial charge < -0.3 is 9.88 Å². The molecule has 0 radical (unpaired) electrons. The Kier molecular flexibility index (Phi) is 6.18.